The van der Waals surface area contributed by atoms with Crippen molar-refractivity contribution >= 4 is 29.4 Å². The Kier molecular flexibility index (Phi) is 4.50. The average Bonchev–Trinajstić information content (AvgIpc) is 2.86. The molecule has 0 bridgehead atoms. The van der Waals surface area contributed by atoms with Crippen LogP contribution in [0.4, 0.5) is 0 Å². The largest absolute Gasteiger partial charge is 0.425 e. The molecule has 2 aromatic rings. The molecule has 25 heavy (non-hydrogen) atoms. The van der Waals surface area contributed by atoms with E-state index >= 15 is 0 Å². The molecule has 2 amide bonds. The van der Waals surface area contributed by atoms with E-state index in [1.165, 1.54) is 18.2 Å². The van der Waals surface area contributed by atoms with Crippen LogP contribution in [0.25, 0.3) is 0 Å². The summed E-state index contributed by atoms with van der Waals surface area (Å²) in [4.78, 5) is 37.4. The van der Waals surface area contributed by atoms with Gasteiger partial charge in [0, 0.05) is 6.54 Å². The maximum atomic E-state index is 12.2. The second-order valence-corrected chi connectivity index (χ2v) is 5.70. The summed E-state index contributed by atoms with van der Waals surface area (Å²) in [5, 5.41) is 8.91. The summed E-state index contributed by atoms with van der Waals surface area (Å²) in [7, 11) is 0. The van der Waals surface area contributed by atoms with Gasteiger partial charge in [-0.05, 0) is 30.3 Å². The predicted molar refractivity (Wildman–Crippen MR) is 88.2 cm³/mol. The number of imide groups is 1. The predicted octanol–water partition coefficient (Wildman–Crippen LogP) is 2.80. The van der Waals surface area contributed by atoms with Gasteiger partial charge in [0.2, 0.25) is 0 Å². The molecule has 7 heteroatoms. The minimum Gasteiger partial charge on any atom is -0.425 e. The van der Waals surface area contributed by atoms with E-state index in [1.807, 2.05) is 6.07 Å². The Morgan fingerprint density at radius 1 is 1.12 bits per heavy atom. The van der Waals surface area contributed by atoms with Crippen LogP contribution in [0.2, 0.25) is 5.02 Å². The maximum Gasteiger partial charge on any atom is 0.313 e. The lowest BCUT2D eigenvalue weighted by Crippen LogP contribution is -2.32. The summed E-state index contributed by atoms with van der Waals surface area (Å²) >= 11 is 5.94. The zero-order valence-corrected chi connectivity index (χ0v) is 13.6. The normalized spacial score (nSPS) is 12.7. The minimum absolute atomic E-state index is 0.0842. The van der Waals surface area contributed by atoms with Crippen molar-refractivity contribution in [2.24, 2.45) is 0 Å². The maximum absolute atomic E-state index is 12.2. The second kappa shape index (κ2) is 6.75. The number of nitrogens with zero attached hydrogens (tertiary/aromatic N) is 2. The summed E-state index contributed by atoms with van der Waals surface area (Å²) in [6.45, 7) is -0.0842. The number of rotatable bonds is 4. The van der Waals surface area contributed by atoms with Crippen LogP contribution in [0.1, 0.15) is 32.7 Å². The topological polar surface area (TPSA) is 87.5 Å². The molecule has 0 saturated heterocycles. The summed E-state index contributed by atoms with van der Waals surface area (Å²) < 4.78 is 5.12. The number of carbonyl (C=O) groups is 3. The number of fused-ring (bicyclic) bond motifs is 1. The minimum atomic E-state index is -0.636. The highest BCUT2D eigenvalue weighted by atomic mass is 35.5. The number of esters is 1. The van der Waals surface area contributed by atoms with E-state index in [2.05, 4.69) is 0 Å². The van der Waals surface area contributed by atoms with Crippen LogP contribution in [-0.4, -0.2) is 29.2 Å². The Morgan fingerprint density at radius 2 is 1.76 bits per heavy atom. The Labute approximate surface area is 148 Å². The number of halogens is 1. The van der Waals surface area contributed by atoms with Gasteiger partial charge in [0.1, 0.15) is 5.75 Å². The van der Waals surface area contributed by atoms with Crippen LogP contribution in [0, 0.1) is 11.3 Å². The van der Waals surface area contributed by atoms with Gasteiger partial charge >= 0.3 is 5.97 Å². The Balaban J connectivity index is 1.63. The first-order valence-corrected chi connectivity index (χ1v) is 7.74. The van der Waals surface area contributed by atoms with E-state index in [9.17, 15) is 14.4 Å². The Bertz CT molecular complexity index is 898. The van der Waals surface area contributed by atoms with Crippen molar-refractivity contribution in [2.45, 2.75) is 6.42 Å². The third kappa shape index (κ3) is 3.23. The summed E-state index contributed by atoms with van der Waals surface area (Å²) in [5.74, 6) is -1.37. The highest BCUT2D eigenvalue weighted by Gasteiger charge is 2.35. The van der Waals surface area contributed by atoms with E-state index in [0.29, 0.717) is 16.7 Å². The molecular weight excluding hydrogens is 344 g/mol. The van der Waals surface area contributed by atoms with Gasteiger partial charge in [-0.1, -0.05) is 23.7 Å². The number of nitriles is 1. The van der Waals surface area contributed by atoms with Gasteiger partial charge in [-0.15, -0.1) is 0 Å². The van der Waals surface area contributed by atoms with E-state index in [-0.39, 0.29) is 23.7 Å². The van der Waals surface area contributed by atoms with Crippen LogP contribution in [0.3, 0.4) is 0 Å². The van der Waals surface area contributed by atoms with Gasteiger partial charge in [0.05, 0.1) is 34.2 Å². The fourth-order valence-corrected chi connectivity index (χ4v) is 2.69. The first-order chi connectivity index (χ1) is 12.0. The summed E-state index contributed by atoms with van der Waals surface area (Å²) in [5.41, 5.74) is 1.00. The molecular formula is C18H11ClN2O4. The molecule has 0 aliphatic carbocycles. The van der Waals surface area contributed by atoms with Crippen LogP contribution in [0.15, 0.2) is 42.5 Å². The van der Waals surface area contributed by atoms with Gasteiger partial charge in [0.25, 0.3) is 11.8 Å². The van der Waals surface area contributed by atoms with Crippen LogP contribution in [0.5, 0.6) is 5.75 Å². The van der Waals surface area contributed by atoms with Gasteiger partial charge in [-0.25, -0.2) is 0 Å². The highest BCUT2D eigenvalue weighted by molar-refractivity contribution is 6.32. The monoisotopic (exact) mass is 354 g/mol. The van der Waals surface area contributed by atoms with Gasteiger partial charge in [-0.3, -0.25) is 19.3 Å². The molecule has 124 valence electrons. The Morgan fingerprint density at radius 3 is 2.32 bits per heavy atom. The number of carbonyl (C=O) groups excluding carboxylic acids is 3. The number of ether oxygens (including phenoxy) is 1. The van der Waals surface area contributed by atoms with E-state index in [4.69, 9.17) is 21.6 Å². The molecule has 6 nitrogen and oxygen atoms in total. The number of hydrogen-bond acceptors (Lipinski definition) is 5. The molecule has 1 aliphatic heterocycles. The molecule has 2 aromatic carbocycles. The SMILES string of the molecule is N#Cc1ccc(OC(=O)CCN2C(=O)c3ccccc3C2=O)c(Cl)c1. The molecule has 0 spiro atoms. The molecule has 0 unspecified atom stereocenters. The molecule has 0 radical (unpaired) electrons. The molecule has 1 heterocycles. The summed E-state index contributed by atoms with van der Waals surface area (Å²) in [6, 6.07) is 12.7. The quantitative estimate of drug-likeness (QED) is 0.478. The Hall–Kier alpha value is -3.17. The fraction of sp³-hybridized carbons (Fsp3) is 0.111. The third-order valence-corrected chi connectivity index (χ3v) is 4.00. The van der Waals surface area contributed by atoms with E-state index < -0.39 is 17.8 Å². The van der Waals surface area contributed by atoms with Gasteiger partial charge < -0.3 is 4.74 Å². The molecule has 1 aliphatic rings. The van der Waals surface area contributed by atoms with Crippen molar-refractivity contribution in [2.75, 3.05) is 6.54 Å². The van der Waals surface area contributed by atoms with Crippen molar-refractivity contribution in [3.05, 3.63) is 64.2 Å². The van der Waals surface area contributed by atoms with Gasteiger partial charge in [-0.2, -0.15) is 5.26 Å². The van der Waals surface area contributed by atoms with E-state index in [0.717, 1.165) is 4.90 Å². The molecule has 0 atom stereocenters. The lowest BCUT2D eigenvalue weighted by atomic mass is 10.1. The molecule has 0 N–H and O–H groups in total. The number of amides is 2. The van der Waals surface area contributed by atoms with Crippen LogP contribution >= 0.6 is 11.6 Å². The van der Waals surface area contributed by atoms with Crippen LogP contribution < -0.4 is 4.74 Å². The smallest absolute Gasteiger partial charge is 0.313 e. The third-order valence-electron chi connectivity index (χ3n) is 3.70. The molecule has 3 rings (SSSR count). The van der Waals surface area contributed by atoms with Crippen molar-refractivity contribution in [1.29, 1.82) is 5.26 Å². The molecule has 0 aromatic heterocycles. The fourth-order valence-electron chi connectivity index (χ4n) is 2.47. The van der Waals surface area contributed by atoms with Crippen molar-refractivity contribution in [1.82, 2.24) is 4.90 Å². The first kappa shape index (κ1) is 16.7. The van der Waals surface area contributed by atoms with E-state index in [1.54, 1.807) is 24.3 Å². The standard InChI is InChI=1S/C18H11ClN2O4/c19-14-9-11(10-20)5-6-15(14)25-16(22)7-8-21-17(23)12-3-1-2-4-13(12)18(21)24/h1-6,9H,7-8H2. The summed E-state index contributed by atoms with van der Waals surface area (Å²) in [6.07, 6.45) is -0.165. The lowest BCUT2D eigenvalue weighted by Gasteiger charge is -2.13. The van der Waals surface area contributed by atoms with Crippen molar-refractivity contribution in [3.63, 3.8) is 0 Å². The van der Waals surface area contributed by atoms with Crippen molar-refractivity contribution in [3.8, 4) is 11.8 Å². The zero-order chi connectivity index (χ0) is 18.0. The highest BCUT2D eigenvalue weighted by Crippen LogP contribution is 2.26. The molecule has 0 fully saturated rings. The molecule has 0 saturated carbocycles. The number of hydrogen-bond donors (Lipinski definition) is 0. The number of benzene rings is 2. The zero-order valence-electron chi connectivity index (χ0n) is 12.9. The first-order valence-electron chi connectivity index (χ1n) is 7.37. The second-order valence-electron chi connectivity index (χ2n) is 5.29. The van der Waals surface area contributed by atoms with Crippen molar-refractivity contribution < 1.29 is 19.1 Å². The average molecular weight is 355 g/mol. The lowest BCUT2D eigenvalue weighted by molar-refractivity contribution is -0.134. The van der Waals surface area contributed by atoms with Gasteiger partial charge in [0.15, 0.2) is 0 Å². The van der Waals surface area contributed by atoms with Crippen LogP contribution in [-0.2, 0) is 4.79 Å².